The van der Waals surface area contributed by atoms with Crippen molar-refractivity contribution >= 4 is 23.7 Å². The highest BCUT2D eigenvalue weighted by molar-refractivity contribution is 6.01. The molecular weight excluding hydrogens is 448 g/mol. The van der Waals surface area contributed by atoms with E-state index < -0.39 is 24.0 Å². The lowest BCUT2D eigenvalue weighted by atomic mass is 9.98. The van der Waals surface area contributed by atoms with E-state index >= 15 is 0 Å². The van der Waals surface area contributed by atoms with Gasteiger partial charge in [0.25, 0.3) is 0 Å². The number of nitrogens with one attached hydrogen (secondary N) is 2. The zero-order valence-electron chi connectivity index (χ0n) is 19.2. The minimum absolute atomic E-state index is 0.0835. The number of anilines is 1. The van der Waals surface area contributed by atoms with Crippen LogP contribution in [0.5, 0.6) is 0 Å². The highest BCUT2D eigenvalue weighted by atomic mass is 16.5. The lowest BCUT2D eigenvalue weighted by Crippen LogP contribution is -2.44. The van der Waals surface area contributed by atoms with Crippen molar-refractivity contribution in [1.29, 1.82) is 0 Å². The summed E-state index contributed by atoms with van der Waals surface area (Å²) in [5.74, 6) is -1.49. The van der Waals surface area contributed by atoms with Gasteiger partial charge >= 0.3 is 12.1 Å². The van der Waals surface area contributed by atoms with Gasteiger partial charge in [-0.15, -0.1) is 0 Å². The van der Waals surface area contributed by atoms with Gasteiger partial charge in [-0.05, 0) is 34.6 Å². The Morgan fingerprint density at radius 3 is 2.31 bits per heavy atom. The quantitative estimate of drug-likeness (QED) is 0.457. The third-order valence-electron chi connectivity index (χ3n) is 6.51. The molecule has 0 unspecified atom stereocenters. The molecule has 2 aromatic carbocycles. The predicted octanol–water partition coefficient (Wildman–Crippen LogP) is 3.76. The van der Waals surface area contributed by atoms with Crippen LogP contribution in [0.15, 0.2) is 54.7 Å². The van der Waals surface area contributed by atoms with Gasteiger partial charge in [0, 0.05) is 19.2 Å². The van der Waals surface area contributed by atoms with Crippen molar-refractivity contribution in [3.05, 3.63) is 71.5 Å². The molecule has 9 heteroatoms. The normalized spacial score (nSPS) is 15.1. The number of benzene rings is 2. The zero-order valence-corrected chi connectivity index (χ0v) is 19.2. The smallest absolute Gasteiger partial charge is 0.407 e. The number of amides is 2. The second-order valence-corrected chi connectivity index (χ2v) is 9.06. The molecule has 1 heterocycles. The number of carboxylic acids is 1. The Morgan fingerprint density at radius 2 is 1.71 bits per heavy atom. The van der Waals surface area contributed by atoms with E-state index in [-0.39, 0.29) is 23.9 Å². The Morgan fingerprint density at radius 1 is 1.09 bits per heavy atom. The number of aromatic carboxylic acids is 1. The van der Waals surface area contributed by atoms with Crippen LogP contribution in [-0.2, 0) is 16.6 Å². The van der Waals surface area contributed by atoms with Crippen LogP contribution in [0.3, 0.4) is 0 Å². The number of hydrogen-bond acceptors (Lipinski definition) is 5. The summed E-state index contributed by atoms with van der Waals surface area (Å²) in [4.78, 5) is 37.1. The van der Waals surface area contributed by atoms with Crippen LogP contribution in [0.4, 0.5) is 10.5 Å². The first-order valence-electron chi connectivity index (χ1n) is 11.6. The van der Waals surface area contributed by atoms with E-state index in [1.807, 2.05) is 36.4 Å². The molecule has 1 aromatic heterocycles. The summed E-state index contributed by atoms with van der Waals surface area (Å²) in [6, 6.07) is 15.3. The Labute approximate surface area is 202 Å². The maximum absolute atomic E-state index is 13.0. The van der Waals surface area contributed by atoms with Crippen LogP contribution in [0.1, 0.15) is 46.8 Å². The molecule has 0 aliphatic heterocycles. The Bertz CT molecular complexity index is 1250. The van der Waals surface area contributed by atoms with Crippen molar-refractivity contribution in [3.63, 3.8) is 0 Å². The summed E-state index contributed by atoms with van der Waals surface area (Å²) in [5, 5.41) is 18.5. The van der Waals surface area contributed by atoms with Gasteiger partial charge in [0.05, 0.1) is 5.69 Å². The number of carboxylic acid groups (broad SMARTS) is 1. The third kappa shape index (κ3) is 4.75. The van der Waals surface area contributed by atoms with Crippen LogP contribution in [-0.4, -0.2) is 45.5 Å². The maximum Gasteiger partial charge on any atom is 0.407 e. The van der Waals surface area contributed by atoms with E-state index in [9.17, 15) is 19.5 Å². The minimum atomic E-state index is -1.25. The number of carbonyl (C=O) groups is 3. The largest absolute Gasteiger partial charge is 0.476 e. The molecule has 0 bridgehead atoms. The van der Waals surface area contributed by atoms with Crippen molar-refractivity contribution in [2.45, 2.75) is 31.2 Å². The molecule has 9 nitrogen and oxygen atoms in total. The van der Waals surface area contributed by atoms with Crippen molar-refractivity contribution < 1.29 is 24.2 Å². The van der Waals surface area contributed by atoms with Gasteiger partial charge in [-0.2, -0.15) is 5.10 Å². The second kappa shape index (κ2) is 9.25. The number of fused-ring (bicyclic) bond motifs is 3. The number of ether oxygens (including phenoxy) is 1. The summed E-state index contributed by atoms with van der Waals surface area (Å²) in [7, 11) is 1.57. The van der Waals surface area contributed by atoms with E-state index in [4.69, 9.17) is 4.74 Å². The number of rotatable bonds is 8. The first-order valence-corrected chi connectivity index (χ1v) is 11.6. The molecule has 2 amide bonds. The molecule has 2 aliphatic carbocycles. The highest BCUT2D eigenvalue weighted by Crippen LogP contribution is 2.44. The molecule has 5 rings (SSSR count). The zero-order chi connectivity index (χ0) is 24.5. The van der Waals surface area contributed by atoms with Gasteiger partial charge in [0.15, 0.2) is 5.69 Å². The third-order valence-corrected chi connectivity index (χ3v) is 6.51. The predicted molar refractivity (Wildman–Crippen MR) is 128 cm³/mol. The van der Waals surface area contributed by atoms with Gasteiger partial charge in [0.1, 0.15) is 12.6 Å². The summed E-state index contributed by atoms with van der Waals surface area (Å²) < 4.78 is 6.91. The van der Waals surface area contributed by atoms with Crippen molar-refractivity contribution in [1.82, 2.24) is 15.1 Å². The molecule has 35 heavy (non-hydrogen) atoms. The molecule has 180 valence electrons. The standard InChI is InChI=1S/C26H26N4O5/c1-30-13-22(23(29-30)25(32)33)27-24(31)21(12-15-10-11-15)28-26(34)35-14-20-18-8-4-2-6-16(18)17-7-3-5-9-19(17)20/h2-9,13,15,20-21H,10-12,14H2,1H3,(H,27,31)(H,28,34)(H,32,33)/t21-/m0/s1. The van der Waals surface area contributed by atoms with Gasteiger partial charge in [-0.1, -0.05) is 61.4 Å². The van der Waals surface area contributed by atoms with E-state index in [1.54, 1.807) is 7.05 Å². The Hall–Kier alpha value is -4.14. The minimum Gasteiger partial charge on any atom is -0.476 e. The molecule has 2 aliphatic rings. The van der Waals surface area contributed by atoms with Crippen molar-refractivity contribution in [2.24, 2.45) is 13.0 Å². The van der Waals surface area contributed by atoms with Crippen LogP contribution in [0.2, 0.25) is 0 Å². The Kier molecular flexibility index (Phi) is 5.98. The SMILES string of the molecule is Cn1cc(NC(=O)[C@H](CC2CC2)NC(=O)OCC2c3ccccc3-c3ccccc32)c(C(=O)O)n1. The second-order valence-electron chi connectivity index (χ2n) is 9.06. The Balaban J connectivity index is 1.26. The van der Waals surface area contributed by atoms with E-state index in [1.165, 1.54) is 10.9 Å². The molecule has 0 saturated heterocycles. The van der Waals surface area contributed by atoms with E-state index in [2.05, 4.69) is 27.9 Å². The van der Waals surface area contributed by atoms with Gasteiger partial charge < -0.3 is 20.5 Å². The summed E-state index contributed by atoms with van der Waals surface area (Å²) in [6.07, 6.45) is 3.17. The van der Waals surface area contributed by atoms with E-state index in [0.717, 1.165) is 35.1 Å². The number of nitrogens with zero attached hydrogens (tertiary/aromatic N) is 2. The average molecular weight is 475 g/mol. The lowest BCUT2D eigenvalue weighted by molar-refractivity contribution is -0.118. The number of carbonyl (C=O) groups excluding carboxylic acids is 2. The average Bonchev–Trinajstić information content (AvgIpc) is 3.50. The number of alkyl carbamates (subject to hydrolysis) is 1. The molecule has 0 radical (unpaired) electrons. The lowest BCUT2D eigenvalue weighted by Gasteiger charge is -2.19. The fraction of sp³-hybridized carbons (Fsp3) is 0.308. The van der Waals surface area contributed by atoms with Crippen LogP contribution < -0.4 is 10.6 Å². The van der Waals surface area contributed by atoms with Crippen LogP contribution in [0, 0.1) is 5.92 Å². The monoisotopic (exact) mass is 474 g/mol. The van der Waals surface area contributed by atoms with Gasteiger partial charge in [-0.3, -0.25) is 9.48 Å². The maximum atomic E-state index is 13.0. The first kappa shape index (κ1) is 22.6. The van der Waals surface area contributed by atoms with Crippen molar-refractivity contribution in [3.8, 4) is 11.1 Å². The topological polar surface area (TPSA) is 123 Å². The molecule has 1 saturated carbocycles. The van der Waals surface area contributed by atoms with E-state index in [0.29, 0.717) is 12.3 Å². The summed E-state index contributed by atoms with van der Waals surface area (Å²) in [5.41, 5.74) is 4.30. The van der Waals surface area contributed by atoms with Crippen LogP contribution >= 0.6 is 0 Å². The van der Waals surface area contributed by atoms with Gasteiger partial charge in [0.2, 0.25) is 5.91 Å². The molecule has 3 aromatic rings. The van der Waals surface area contributed by atoms with Crippen molar-refractivity contribution in [2.75, 3.05) is 11.9 Å². The molecular formula is C26H26N4O5. The fourth-order valence-electron chi connectivity index (χ4n) is 4.66. The summed E-state index contributed by atoms with van der Waals surface area (Å²) >= 11 is 0. The molecule has 1 atom stereocenters. The number of hydrogen-bond donors (Lipinski definition) is 3. The highest BCUT2D eigenvalue weighted by Gasteiger charge is 2.33. The molecule has 3 N–H and O–H groups in total. The molecule has 0 spiro atoms. The molecule has 1 fully saturated rings. The van der Waals surface area contributed by atoms with Crippen LogP contribution in [0.25, 0.3) is 11.1 Å². The number of aromatic nitrogens is 2. The number of aryl methyl sites for hydroxylation is 1. The summed E-state index contributed by atoms with van der Waals surface area (Å²) in [6.45, 7) is 0.142. The fourth-order valence-corrected chi connectivity index (χ4v) is 4.66. The first-order chi connectivity index (χ1) is 16.9. The van der Waals surface area contributed by atoms with Gasteiger partial charge in [-0.25, -0.2) is 9.59 Å².